The predicted octanol–water partition coefficient (Wildman–Crippen LogP) is 3.40. The average Bonchev–Trinajstić information content (AvgIpc) is 3.41. The summed E-state index contributed by atoms with van der Waals surface area (Å²) in [5.41, 5.74) is 1.30. The van der Waals surface area contributed by atoms with E-state index in [9.17, 15) is 4.79 Å². The number of guanidine groups is 1. The van der Waals surface area contributed by atoms with Crippen molar-refractivity contribution < 1.29 is 13.9 Å². The van der Waals surface area contributed by atoms with Crippen LogP contribution >= 0.6 is 35.3 Å². The van der Waals surface area contributed by atoms with Crippen molar-refractivity contribution in [2.75, 3.05) is 32.8 Å². The first-order valence-electron chi connectivity index (χ1n) is 10.2. The molecule has 3 rings (SSSR count). The van der Waals surface area contributed by atoms with Crippen LogP contribution in [0.4, 0.5) is 0 Å². The fourth-order valence-corrected chi connectivity index (χ4v) is 4.06. The van der Waals surface area contributed by atoms with E-state index < -0.39 is 0 Å². The van der Waals surface area contributed by atoms with Crippen LogP contribution in [0.15, 0.2) is 39.3 Å². The van der Waals surface area contributed by atoms with E-state index in [0.717, 1.165) is 44.2 Å². The lowest BCUT2D eigenvalue weighted by Crippen LogP contribution is -2.41. The van der Waals surface area contributed by atoms with Gasteiger partial charge in [-0.3, -0.25) is 9.79 Å². The van der Waals surface area contributed by atoms with Crippen molar-refractivity contribution in [2.24, 2.45) is 4.99 Å². The van der Waals surface area contributed by atoms with E-state index in [-0.39, 0.29) is 29.9 Å². The second-order valence-corrected chi connectivity index (χ2v) is 7.86. The van der Waals surface area contributed by atoms with Crippen molar-refractivity contribution in [1.29, 1.82) is 0 Å². The summed E-state index contributed by atoms with van der Waals surface area (Å²) in [6.45, 7) is 6.72. The van der Waals surface area contributed by atoms with Gasteiger partial charge in [-0.25, -0.2) is 0 Å². The normalized spacial score (nSPS) is 13.5. The first-order valence-corrected chi connectivity index (χ1v) is 11.1. The van der Waals surface area contributed by atoms with Crippen LogP contribution in [0.5, 0.6) is 0 Å². The molecule has 0 aliphatic carbocycles. The molecule has 1 aliphatic heterocycles. The molecule has 0 unspecified atom stereocenters. The maximum Gasteiger partial charge on any atom is 0.224 e. The van der Waals surface area contributed by atoms with E-state index in [2.05, 4.69) is 27.1 Å². The molecule has 9 heteroatoms. The van der Waals surface area contributed by atoms with Crippen LogP contribution in [0.25, 0.3) is 0 Å². The monoisotopic (exact) mass is 546 g/mol. The molecule has 0 atom stereocenters. The number of carbonyl (C=O) groups excluding carboxylic acids is 1. The van der Waals surface area contributed by atoms with Crippen molar-refractivity contribution in [1.82, 2.24) is 15.5 Å². The summed E-state index contributed by atoms with van der Waals surface area (Å²) < 4.78 is 10.8. The zero-order chi connectivity index (χ0) is 20.3. The molecule has 0 saturated carbocycles. The Kier molecular flexibility index (Phi) is 11.2. The Morgan fingerprint density at radius 1 is 1.37 bits per heavy atom. The lowest BCUT2D eigenvalue weighted by molar-refractivity contribution is -0.131. The third-order valence-electron chi connectivity index (χ3n) is 4.68. The van der Waals surface area contributed by atoms with Crippen molar-refractivity contribution >= 4 is 47.2 Å². The van der Waals surface area contributed by atoms with Gasteiger partial charge in [-0.1, -0.05) is 0 Å². The molecule has 166 valence electrons. The highest BCUT2D eigenvalue weighted by Crippen LogP contribution is 2.24. The summed E-state index contributed by atoms with van der Waals surface area (Å²) >= 11 is 1.79. The molecule has 1 amide bonds. The van der Waals surface area contributed by atoms with Gasteiger partial charge in [0.15, 0.2) is 5.96 Å². The lowest BCUT2D eigenvalue weighted by atomic mass is 10.1. The molecule has 0 fully saturated rings. The number of furan rings is 1. The number of rotatable bonds is 10. The van der Waals surface area contributed by atoms with Gasteiger partial charge in [0.2, 0.25) is 5.91 Å². The van der Waals surface area contributed by atoms with E-state index in [1.54, 1.807) is 17.6 Å². The van der Waals surface area contributed by atoms with Gasteiger partial charge in [0, 0.05) is 50.6 Å². The molecule has 2 aromatic heterocycles. The zero-order valence-corrected chi connectivity index (χ0v) is 20.5. The molecule has 2 N–H and O–H groups in total. The maximum absolute atomic E-state index is 12.5. The Bertz CT molecular complexity index is 779. The number of halogens is 1. The summed E-state index contributed by atoms with van der Waals surface area (Å²) in [6, 6.07) is 5.88. The lowest BCUT2D eigenvalue weighted by Gasteiger charge is -2.27. The third kappa shape index (κ3) is 7.92. The third-order valence-corrected chi connectivity index (χ3v) is 5.70. The molecule has 1 aliphatic rings. The quantitative estimate of drug-likeness (QED) is 0.207. The number of aliphatic imine (C=N–C) groups is 1. The van der Waals surface area contributed by atoms with Gasteiger partial charge in [-0.05, 0) is 48.9 Å². The SMILES string of the molecule is CCNC(=NCCCOCc1ccco1)NCCC(=O)N1CCc2sccc2C1.I. The highest BCUT2D eigenvalue weighted by molar-refractivity contribution is 14.0. The van der Waals surface area contributed by atoms with Crippen LogP contribution in [0.3, 0.4) is 0 Å². The zero-order valence-electron chi connectivity index (χ0n) is 17.4. The number of nitrogens with zero attached hydrogens (tertiary/aromatic N) is 2. The molecule has 0 aromatic carbocycles. The Labute approximate surface area is 199 Å². The number of hydrogen-bond donors (Lipinski definition) is 2. The van der Waals surface area contributed by atoms with E-state index in [1.165, 1.54) is 10.4 Å². The Morgan fingerprint density at radius 3 is 3.07 bits per heavy atom. The highest BCUT2D eigenvalue weighted by atomic mass is 127. The Hall–Kier alpha value is -1.59. The largest absolute Gasteiger partial charge is 0.467 e. The summed E-state index contributed by atoms with van der Waals surface area (Å²) in [7, 11) is 0. The van der Waals surface area contributed by atoms with Gasteiger partial charge in [0.05, 0.1) is 6.26 Å². The minimum Gasteiger partial charge on any atom is -0.467 e. The van der Waals surface area contributed by atoms with Crippen LogP contribution in [0, 0.1) is 0 Å². The van der Waals surface area contributed by atoms with Gasteiger partial charge < -0.3 is 24.7 Å². The molecular weight excluding hydrogens is 515 g/mol. The average molecular weight is 546 g/mol. The van der Waals surface area contributed by atoms with Crippen LogP contribution in [-0.4, -0.2) is 49.6 Å². The van der Waals surface area contributed by atoms with Crippen molar-refractivity contribution in [3.8, 4) is 0 Å². The van der Waals surface area contributed by atoms with Gasteiger partial charge in [-0.2, -0.15) is 0 Å². The van der Waals surface area contributed by atoms with Gasteiger partial charge in [-0.15, -0.1) is 35.3 Å². The Morgan fingerprint density at radius 2 is 2.27 bits per heavy atom. The van der Waals surface area contributed by atoms with Crippen LogP contribution in [-0.2, 0) is 29.1 Å². The summed E-state index contributed by atoms with van der Waals surface area (Å²) in [5, 5.41) is 8.59. The summed E-state index contributed by atoms with van der Waals surface area (Å²) in [5.74, 6) is 1.76. The molecule has 0 spiro atoms. The maximum atomic E-state index is 12.5. The van der Waals surface area contributed by atoms with Gasteiger partial charge in [0.1, 0.15) is 12.4 Å². The molecule has 7 nitrogen and oxygen atoms in total. The fourth-order valence-electron chi connectivity index (χ4n) is 3.17. The summed E-state index contributed by atoms with van der Waals surface area (Å²) in [6.07, 6.45) is 3.91. The number of thiophene rings is 1. The topological polar surface area (TPSA) is 79.1 Å². The minimum absolute atomic E-state index is 0. The number of carbonyl (C=O) groups is 1. The van der Waals surface area contributed by atoms with Gasteiger partial charge in [0.25, 0.3) is 0 Å². The van der Waals surface area contributed by atoms with Crippen LogP contribution < -0.4 is 10.6 Å². The highest BCUT2D eigenvalue weighted by Gasteiger charge is 2.20. The second kappa shape index (κ2) is 13.7. The van der Waals surface area contributed by atoms with E-state index >= 15 is 0 Å². The van der Waals surface area contributed by atoms with E-state index in [4.69, 9.17) is 9.15 Å². The number of fused-ring (bicyclic) bond motifs is 1. The standard InChI is InChI=1S/C21H30N4O3S.HI/c1-2-22-21(23-9-4-12-27-16-18-5-3-13-28-18)24-10-6-20(26)25-11-7-19-17(15-25)8-14-29-19;/h3,5,8,13-14H,2,4,6-7,9-12,15-16H2,1H3,(H2,22,23,24);1H. The number of nitrogens with one attached hydrogen (secondary N) is 2. The van der Waals surface area contributed by atoms with E-state index in [1.807, 2.05) is 24.0 Å². The minimum atomic E-state index is 0. The second-order valence-electron chi connectivity index (χ2n) is 6.86. The molecule has 2 aromatic rings. The number of amides is 1. The number of ether oxygens (including phenoxy) is 1. The van der Waals surface area contributed by atoms with E-state index in [0.29, 0.717) is 32.7 Å². The summed E-state index contributed by atoms with van der Waals surface area (Å²) in [4.78, 5) is 20.4. The molecule has 0 radical (unpaired) electrons. The molecule has 30 heavy (non-hydrogen) atoms. The van der Waals surface area contributed by atoms with Crippen LogP contribution in [0.2, 0.25) is 0 Å². The van der Waals surface area contributed by atoms with Crippen LogP contribution in [0.1, 0.15) is 36.0 Å². The molecular formula is C21H31IN4O3S. The molecule has 3 heterocycles. The smallest absolute Gasteiger partial charge is 0.224 e. The first kappa shape index (κ1) is 24.7. The first-order chi connectivity index (χ1) is 14.3. The van der Waals surface area contributed by atoms with Crippen molar-refractivity contribution in [3.63, 3.8) is 0 Å². The van der Waals surface area contributed by atoms with Crippen molar-refractivity contribution in [2.45, 2.75) is 39.3 Å². The number of hydrogen-bond acceptors (Lipinski definition) is 5. The molecule has 0 bridgehead atoms. The predicted molar refractivity (Wildman–Crippen MR) is 130 cm³/mol. The Balaban J connectivity index is 0.00000320. The fraction of sp³-hybridized carbons (Fsp3) is 0.524. The van der Waals surface area contributed by atoms with Crippen molar-refractivity contribution in [3.05, 3.63) is 46.0 Å². The molecule has 0 saturated heterocycles. The van der Waals surface area contributed by atoms with Gasteiger partial charge >= 0.3 is 0 Å².